The van der Waals surface area contributed by atoms with Crippen LogP contribution < -0.4 is 5.32 Å². The summed E-state index contributed by atoms with van der Waals surface area (Å²) in [5.41, 5.74) is -3.22. The Morgan fingerprint density at radius 2 is 1.48 bits per heavy atom. The SMILES string of the molecule is Cc1cc(CNC(=O)c2cc(C(F)(F)F)cc(C(F)(F)F)c2)c(C)o1. The lowest BCUT2D eigenvalue weighted by atomic mass is 10.0. The fourth-order valence-corrected chi connectivity index (χ4v) is 2.22. The van der Waals surface area contributed by atoms with Crippen LogP contribution in [0.1, 0.15) is 38.6 Å². The van der Waals surface area contributed by atoms with Gasteiger partial charge in [-0.15, -0.1) is 0 Å². The number of hydrogen-bond acceptors (Lipinski definition) is 2. The van der Waals surface area contributed by atoms with Crippen molar-refractivity contribution >= 4 is 5.91 Å². The molecule has 0 spiro atoms. The second-order valence-corrected chi connectivity index (χ2v) is 5.42. The quantitative estimate of drug-likeness (QED) is 0.789. The molecule has 1 heterocycles. The number of carbonyl (C=O) groups is 1. The van der Waals surface area contributed by atoms with E-state index in [1.807, 2.05) is 0 Å². The van der Waals surface area contributed by atoms with E-state index < -0.39 is 35.0 Å². The third-order valence-corrected chi connectivity index (χ3v) is 3.43. The Hall–Kier alpha value is -2.45. The zero-order valence-electron chi connectivity index (χ0n) is 13.1. The van der Waals surface area contributed by atoms with Crippen LogP contribution in [-0.4, -0.2) is 5.91 Å². The van der Waals surface area contributed by atoms with Gasteiger partial charge in [-0.1, -0.05) is 0 Å². The minimum Gasteiger partial charge on any atom is -0.466 e. The summed E-state index contributed by atoms with van der Waals surface area (Å²) < 4.78 is 82.0. The normalized spacial score (nSPS) is 12.3. The summed E-state index contributed by atoms with van der Waals surface area (Å²) in [6, 6.07) is 2.36. The Labute approximate surface area is 138 Å². The number of benzene rings is 1. The molecule has 0 saturated carbocycles. The molecule has 3 nitrogen and oxygen atoms in total. The van der Waals surface area contributed by atoms with Gasteiger partial charge in [-0.05, 0) is 38.1 Å². The highest BCUT2D eigenvalue weighted by atomic mass is 19.4. The Kier molecular flexibility index (Phi) is 4.87. The Morgan fingerprint density at radius 1 is 0.960 bits per heavy atom. The average Bonchev–Trinajstić information content (AvgIpc) is 2.80. The summed E-state index contributed by atoms with van der Waals surface area (Å²) in [5.74, 6) is 0.0212. The maximum absolute atomic E-state index is 12.8. The highest BCUT2D eigenvalue weighted by Crippen LogP contribution is 2.36. The second-order valence-electron chi connectivity index (χ2n) is 5.42. The second kappa shape index (κ2) is 6.45. The lowest BCUT2D eigenvalue weighted by Gasteiger charge is -2.14. The first-order valence-corrected chi connectivity index (χ1v) is 7.01. The van der Waals surface area contributed by atoms with E-state index in [4.69, 9.17) is 4.42 Å². The molecule has 9 heteroatoms. The van der Waals surface area contributed by atoms with E-state index in [0.29, 0.717) is 29.2 Å². The molecular weight excluding hydrogens is 352 g/mol. The van der Waals surface area contributed by atoms with Crippen molar-refractivity contribution in [3.8, 4) is 0 Å². The van der Waals surface area contributed by atoms with Crippen LogP contribution in [0.4, 0.5) is 26.3 Å². The summed E-state index contributed by atoms with van der Waals surface area (Å²) in [7, 11) is 0. The van der Waals surface area contributed by atoms with Crippen molar-refractivity contribution in [2.75, 3.05) is 0 Å². The molecule has 0 aliphatic carbocycles. The number of alkyl halides is 6. The Bertz CT molecular complexity index is 757. The molecule has 1 aromatic heterocycles. The highest BCUT2D eigenvalue weighted by Gasteiger charge is 2.37. The van der Waals surface area contributed by atoms with Crippen molar-refractivity contribution in [3.63, 3.8) is 0 Å². The fraction of sp³-hybridized carbons (Fsp3) is 0.312. The standard InChI is InChI=1S/C16H13F6NO2/c1-8-3-11(9(2)25-8)7-23-14(24)10-4-12(15(17,18)19)6-13(5-10)16(20,21)22/h3-6H,7H2,1-2H3,(H,23,24). The number of carbonyl (C=O) groups excluding carboxylic acids is 1. The number of aryl methyl sites for hydroxylation is 2. The molecule has 0 atom stereocenters. The van der Waals surface area contributed by atoms with E-state index in [0.717, 1.165) is 0 Å². The molecule has 1 aromatic carbocycles. The van der Waals surface area contributed by atoms with E-state index in [9.17, 15) is 31.1 Å². The van der Waals surface area contributed by atoms with Gasteiger partial charge in [-0.2, -0.15) is 26.3 Å². The van der Waals surface area contributed by atoms with Crippen LogP contribution in [-0.2, 0) is 18.9 Å². The van der Waals surface area contributed by atoms with Crippen molar-refractivity contribution in [2.24, 2.45) is 0 Å². The topological polar surface area (TPSA) is 42.2 Å². The van der Waals surface area contributed by atoms with Gasteiger partial charge in [0.2, 0.25) is 0 Å². The third kappa shape index (κ3) is 4.55. The van der Waals surface area contributed by atoms with E-state index in [1.165, 1.54) is 0 Å². The van der Waals surface area contributed by atoms with Crippen LogP contribution in [0.15, 0.2) is 28.7 Å². The van der Waals surface area contributed by atoms with Crippen LogP contribution in [0.5, 0.6) is 0 Å². The Morgan fingerprint density at radius 3 is 1.88 bits per heavy atom. The van der Waals surface area contributed by atoms with Crippen LogP contribution in [0.2, 0.25) is 0 Å². The molecule has 0 saturated heterocycles. The van der Waals surface area contributed by atoms with Crippen LogP contribution in [0, 0.1) is 13.8 Å². The van der Waals surface area contributed by atoms with Gasteiger partial charge in [0.15, 0.2) is 0 Å². The lowest BCUT2D eigenvalue weighted by molar-refractivity contribution is -0.143. The predicted octanol–water partition coefficient (Wildman–Crippen LogP) is 4.86. The maximum atomic E-state index is 12.8. The number of halogens is 6. The molecule has 0 aliphatic heterocycles. The van der Waals surface area contributed by atoms with E-state index >= 15 is 0 Å². The van der Waals surface area contributed by atoms with Crippen LogP contribution >= 0.6 is 0 Å². The fourth-order valence-electron chi connectivity index (χ4n) is 2.22. The molecule has 2 rings (SSSR count). The first kappa shape index (κ1) is 18.9. The van der Waals surface area contributed by atoms with Crippen molar-refractivity contribution in [3.05, 3.63) is 58.0 Å². The van der Waals surface area contributed by atoms with Crippen LogP contribution in [0.25, 0.3) is 0 Å². The molecule has 25 heavy (non-hydrogen) atoms. The number of nitrogens with one attached hydrogen (secondary N) is 1. The monoisotopic (exact) mass is 365 g/mol. The van der Waals surface area contributed by atoms with Crippen molar-refractivity contribution < 1.29 is 35.6 Å². The minimum absolute atomic E-state index is 0.0274. The number of amides is 1. The van der Waals surface area contributed by atoms with E-state index in [1.54, 1.807) is 19.9 Å². The number of rotatable bonds is 3. The molecule has 0 fully saturated rings. The smallest absolute Gasteiger partial charge is 0.416 e. The summed E-state index contributed by atoms with van der Waals surface area (Å²) in [6.07, 6.45) is -10.0. The Balaban J connectivity index is 2.30. The highest BCUT2D eigenvalue weighted by molar-refractivity contribution is 5.94. The van der Waals surface area contributed by atoms with Crippen molar-refractivity contribution in [1.29, 1.82) is 0 Å². The molecule has 0 bridgehead atoms. The van der Waals surface area contributed by atoms with Crippen molar-refractivity contribution in [2.45, 2.75) is 32.7 Å². The van der Waals surface area contributed by atoms with Gasteiger partial charge in [0, 0.05) is 17.7 Å². The number of furan rings is 1. The first-order chi connectivity index (χ1) is 11.4. The zero-order chi connectivity index (χ0) is 19.0. The molecule has 2 aromatic rings. The minimum atomic E-state index is -5.01. The predicted molar refractivity (Wildman–Crippen MR) is 75.8 cm³/mol. The van der Waals surface area contributed by atoms with Gasteiger partial charge in [-0.25, -0.2) is 0 Å². The van der Waals surface area contributed by atoms with Gasteiger partial charge in [-0.3, -0.25) is 4.79 Å². The van der Waals surface area contributed by atoms with Gasteiger partial charge in [0.1, 0.15) is 11.5 Å². The van der Waals surface area contributed by atoms with Crippen molar-refractivity contribution in [1.82, 2.24) is 5.32 Å². The molecule has 1 amide bonds. The zero-order valence-corrected chi connectivity index (χ0v) is 13.1. The van der Waals surface area contributed by atoms with Gasteiger partial charge in [0.25, 0.3) is 5.91 Å². The summed E-state index contributed by atoms with van der Waals surface area (Å²) >= 11 is 0. The van der Waals surface area contributed by atoms with Gasteiger partial charge in [0.05, 0.1) is 11.1 Å². The molecule has 1 N–H and O–H groups in total. The van der Waals surface area contributed by atoms with Gasteiger partial charge < -0.3 is 9.73 Å². The average molecular weight is 365 g/mol. The van der Waals surface area contributed by atoms with E-state index in [-0.39, 0.29) is 12.6 Å². The lowest BCUT2D eigenvalue weighted by Crippen LogP contribution is -2.24. The molecule has 0 aliphatic rings. The molecule has 0 radical (unpaired) electrons. The largest absolute Gasteiger partial charge is 0.466 e. The van der Waals surface area contributed by atoms with E-state index in [2.05, 4.69) is 5.32 Å². The first-order valence-electron chi connectivity index (χ1n) is 7.01. The maximum Gasteiger partial charge on any atom is 0.416 e. The molecule has 0 unspecified atom stereocenters. The number of hydrogen-bond donors (Lipinski definition) is 1. The van der Waals surface area contributed by atoms with Crippen LogP contribution in [0.3, 0.4) is 0 Å². The molecular formula is C16H13F6NO2. The summed E-state index contributed by atoms with van der Waals surface area (Å²) in [5, 5.41) is 2.29. The summed E-state index contributed by atoms with van der Waals surface area (Å²) in [4.78, 5) is 12.0. The molecule has 136 valence electrons. The third-order valence-electron chi connectivity index (χ3n) is 3.43. The van der Waals surface area contributed by atoms with Gasteiger partial charge >= 0.3 is 12.4 Å². The summed E-state index contributed by atoms with van der Waals surface area (Å²) in [6.45, 7) is 3.21.